The van der Waals surface area contributed by atoms with Crippen LogP contribution in [0.5, 0.6) is 34.5 Å². The zero-order chi connectivity index (χ0) is 104. The molecule has 3 fully saturated rings. The van der Waals surface area contributed by atoms with Crippen molar-refractivity contribution in [2.75, 3.05) is 66.1 Å². The molecule has 1 saturated carbocycles. The molecule has 0 amide bonds. The molecule has 2 saturated heterocycles. The van der Waals surface area contributed by atoms with Gasteiger partial charge in [0.25, 0.3) is 0 Å². The van der Waals surface area contributed by atoms with Gasteiger partial charge in [0.2, 0.25) is 0 Å². The van der Waals surface area contributed by atoms with E-state index in [1.165, 1.54) is 18.4 Å². The van der Waals surface area contributed by atoms with Gasteiger partial charge in [-0.2, -0.15) is 10.2 Å². The molecule has 5 heterocycles. The number of hydrogen-bond acceptors (Lipinski definition) is 17. The highest BCUT2D eigenvalue weighted by Crippen LogP contribution is 2.35. The van der Waals surface area contributed by atoms with E-state index in [-0.39, 0.29) is 74.3 Å². The number of carbonyl (C=O) groups excluding carboxylic acids is 6. The molecule has 1 N–H and O–H groups in total. The lowest BCUT2D eigenvalue weighted by Crippen LogP contribution is -2.16. The van der Waals surface area contributed by atoms with Crippen LogP contribution < -0.4 is 28.4 Å². The van der Waals surface area contributed by atoms with E-state index in [0.717, 1.165) is 126 Å². The number of hydrogen-bond donors (Lipinski definition) is 1. The van der Waals surface area contributed by atoms with E-state index in [1.54, 1.807) is 158 Å². The van der Waals surface area contributed by atoms with Gasteiger partial charge in [0.15, 0.2) is 34.7 Å². The summed E-state index contributed by atoms with van der Waals surface area (Å²) in [7, 11) is 1.89. The zero-order valence-corrected chi connectivity index (χ0v) is 84.9. The Balaban J connectivity index is 0.000000180. The molecule has 0 radical (unpaired) electrons. The standard InChI is InChI=1S/C24H27FO3.2C21H21FN2O2.C19H20FNO2.C19H25FO3.C17H21FO2/c1-2-18(16-25)17-28-23-9-7-22(8-10-23)24(26)15-19-3-5-20(6-4-19)21-11-13-27-14-12-21;1-3-15(12-22)14-26-19-7-5-17(6-8-19)21(25)11-16-4-9-20-18(10-16)13-23-24(20)2;1-3-15(12-22)13-26-18-7-5-17(6-8-18)21(25)11-16-4-9-19-14(2)23-24-20(19)10-16;1-2-15(13-20)14-23-18-9-6-16(7-10-18)19(22)11-8-17-5-3-4-12-21-17;1-2-15(13-20)14-23-18-6-4-17(5-7-18)19(21)8-3-16-9-11-22-12-10-16;1-2-13(11-18)12-20-16-8-6-15(7-9-16)17(19)10-5-14-3-4-14/h3-10,16,21H,2,11-15,17H2,1H3;4-10,12-13H,3,11,14H2,1-2H3;4-10,12H,3,11,13H2,1-2H3,(H,23,24);3-7,9-10,12-13H,2,8,11,14H2,1H3;4-7,13,16H,2-3,8-12,14H2,1H3;6-9,11,14H,2-5,10,12H2,1H3. The maximum atomic E-state index is 12.6. The van der Waals surface area contributed by atoms with Crippen molar-refractivity contribution in [2.45, 2.75) is 189 Å². The molecular formula is C121H135F6N5O14. The van der Waals surface area contributed by atoms with E-state index in [0.29, 0.717) is 229 Å². The molecule has 146 heavy (non-hydrogen) atoms. The largest absolute Gasteiger partial charge is 0.489 e. The number of ketones is 6. The Bertz CT molecular complexity index is 6100. The normalized spacial score (nSPS) is 13.6. The zero-order valence-electron chi connectivity index (χ0n) is 84.9. The highest BCUT2D eigenvalue weighted by molar-refractivity contribution is 6.00. The second-order valence-electron chi connectivity index (χ2n) is 36.1. The predicted octanol–water partition coefficient (Wildman–Crippen LogP) is 29.2. The van der Waals surface area contributed by atoms with Crippen molar-refractivity contribution < 1.29 is 93.0 Å². The lowest BCUT2D eigenvalue weighted by molar-refractivity contribution is 0.0619. The summed E-state index contributed by atoms with van der Waals surface area (Å²) in [6.07, 6.45) is 22.7. The number of aromatic amines is 1. The molecule has 0 atom stereocenters. The number of pyridine rings is 1. The number of carbonyl (C=O) groups is 6. The number of aryl methyl sites for hydroxylation is 3. The number of aromatic nitrogens is 5. The van der Waals surface area contributed by atoms with Gasteiger partial charge < -0.3 is 37.9 Å². The monoisotopic (exact) mass is 2000 g/mol. The summed E-state index contributed by atoms with van der Waals surface area (Å²) in [4.78, 5) is 78.1. The molecule has 12 aromatic rings. The van der Waals surface area contributed by atoms with Crippen LogP contribution in [0.3, 0.4) is 0 Å². The van der Waals surface area contributed by atoms with Crippen LogP contribution in [0.4, 0.5) is 26.3 Å². The highest BCUT2D eigenvalue weighted by atomic mass is 19.1. The number of halogens is 6. The fourth-order valence-electron chi connectivity index (χ4n) is 15.5. The Morgan fingerprint density at radius 1 is 0.377 bits per heavy atom. The summed E-state index contributed by atoms with van der Waals surface area (Å²) in [6, 6.07) is 68.0. The van der Waals surface area contributed by atoms with E-state index in [4.69, 9.17) is 37.9 Å². The molecular weight excluding hydrogens is 1860 g/mol. The van der Waals surface area contributed by atoms with Crippen molar-refractivity contribution >= 4 is 56.5 Å². The topological polar surface area (TPSA) is 236 Å². The molecule has 0 spiro atoms. The van der Waals surface area contributed by atoms with Crippen LogP contribution in [-0.2, 0) is 42.2 Å². The van der Waals surface area contributed by atoms with Gasteiger partial charge in [0, 0.05) is 134 Å². The van der Waals surface area contributed by atoms with Gasteiger partial charge in [-0.1, -0.05) is 103 Å². The highest BCUT2D eigenvalue weighted by Gasteiger charge is 2.24. The van der Waals surface area contributed by atoms with Crippen LogP contribution in [-0.4, -0.2) is 126 Å². The average molecular weight is 2000 g/mol. The molecule has 15 rings (SSSR count). The van der Waals surface area contributed by atoms with Crippen molar-refractivity contribution in [2.24, 2.45) is 18.9 Å². The van der Waals surface area contributed by atoms with Crippen LogP contribution in [0.15, 0.2) is 308 Å². The fourth-order valence-corrected chi connectivity index (χ4v) is 15.5. The first kappa shape index (κ1) is 114. The van der Waals surface area contributed by atoms with E-state index in [2.05, 4.69) is 44.5 Å². The molecule has 2 aliphatic heterocycles. The van der Waals surface area contributed by atoms with Gasteiger partial charge in [0.05, 0.1) is 55.2 Å². The number of Topliss-reactive ketones (excluding diaryl/α,β-unsaturated/α-hetero) is 6. The van der Waals surface area contributed by atoms with Crippen molar-refractivity contribution in [3.63, 3.8) is 0 Å². The number of H-pyrrole nitrogens is 1. The molecule has 3 aliphatic rings. The van der Waals surface area contributed by atoms with Gasteiger partial charge in [-0.3, -0.25) is 43.5 Å². The summed E-state index contributed by atoms with van der Waals surface area (Å²) in [5.41, 5.74) is 15.6. The lowest BCUT2D eigenvalue weighted by Gasteiger charge is -2.22. The van der Waals surface area contributed by atoms with Gasteiger partial charge in [0.1, 0.15) is 74.1 Å². The summed E-state index contributed by atoms with van der Waals surface area (Å²) in [5, 5.41) is 13.5. The third-order valence-corrected chi connectivity index (χ3v) is 25.6. The first-order chi connectivity index (χ1) is 71.1. The van der Waals surface area contributed by atoms with Gasteiger partial charge >= 0.3 is 0 Å². The Morgan fingerprint density at radius 2 is 0.705 bits per heavy atom. The predicted molar refractivity (Wildman–Crippen MR) is 564 cm³/mol. The summed E-state index contributed by atoms with van der Waals surface area (Å²) in [5.74, 6) is 6.32. The quantitative estimate of drug-likeness (QED) is 0.0276. The smallest absolute Gasteiger partial charge is 0.167 e. The Morgan fingerprint density at radius 3 is 1.05 bits per heavy atom. The van der Waals surface area contributed by atoms with Crippen LogP contribution in [0.1, 0.15) is 252 Å². The molecule has 19 nitrogen and oxygen atoms in total. The first-order valence-corrected chi connectivity index (χ1v) is 50.3. The van der Waals surface area contributed by atoms with E-state index in [9.17, 15) is 55.1 Å². The average Bonchev–Trinajstić information content (AvgIpc) is 1.67. The second kappa shape index (κ2) is 62.5. The number of nitrogens with one attached hydrogen (secondary N) is 1. The van der Waals surface area contributed by atoms with Gasteiger partial charge in [-0.25, -0.2) is 26.3 Å². The van der Waals surface area contributed by atoms with E-state index in [1.807, 2.05) is 115 Å². The molecule has 1 aliphatic carbocycles. The van der Waals surface area contributed by atoms with E-state index >= 15 is 0 Å². The Labute approximate surface area is 853 Å². The van der Waals surface area contributed by atoms with Crippen molar-refractivity contribution in [1.82, 2.24) is 25.0 Å². The molecule has 0 bridgehead atoms. The second-order valence-corrected chi connectivity index (χ2v) is 36.1. The van der Waals surface area contributed by atoms with Crippen LogP contribution in [0, 0.1) is 18.8 Å². The lowest BCUT2D eigenvalue weighted by atomic mass is 9.90. The minimum absolute atomic E-state index is 0.0288. The number of fused-ring (bicyclic) bond motifs is 2. The first-order valence-electron chi connectivity index (χ1n) is 50.3. The molecule has 770 valence electrons. The number of nitrogens with zero attached hydrogens (tertiary/aromatic N) is 4. The number of ether oxygens (including phenoxy) is 8. The van der Waals surface area contributed by atoms with Crippen molar-refractivity contribution in [1.29, 1.82) is 0 Å². The van der Waals surface area contributed by atoms with Crippen LogP contribution in [0.2, 0.25) is 0 Å². The number of benzene rings is 9. The SMILES string of the molecule is CCC(=CF)COc1ccc(C(=O)CCC2CC2)cc1.CCC(=CF)COc1ccc(C(=O)CCC2CCOCC2)cc1.CCC(=CF)COc1ccc(C(=O)CCc2ccccn2)cc1.CCC(=CF)COc1ccc(C(=O)Cc2ccc(C3CCOCC3)cc2)cc1.CCC(=CF)COc1ccc(C(=O)Cc2ccc3c(C)[nH]nc3c2)cc1.CCC(=CF)COc1ccc(C(=O)Cc2ccc3c(cnn3C)c2)cc1. The molecule has 25 heteroatoms. The van der Waals surface area contributed by atoms with E-state index < -0.39 is 0 Å². The number of rotatable bonds is 46. The molecule has 3 aromatic heterocycles. The third kappa shape index (κ3) is 38.7. The Hall–Kier alpha value is -14.2. The van der Waals surface area contributed by atoms with Crippen molar-refractivity contribution in [3.05, 3.63) is 375 Å². The van der Waals surface area contributed by atoms with Crippen LogP contribution >= 0.6 is 0 Å². The molecule has 0 unspecified atom stereocenters. The van der Waals surface area contributed by atoms with Crippen LogP contribution in [0.25, 0.3) is 21.8 Å². The minimum atomic E-state index is 0.0288. The van der Waals surface area contributed by atoms with Gasteiger partial charge in [-0.05, 0) is 340 Å². The summed E-state index contributed by atoms with van der Waals surface area (Å²) >= 11 is 0. The summed E-state index contributed by atoms with van der Waals surface area (Å²) < 4.78 is 121. The third-order valence-electron chi connectivity index (χ3n) is 25.6. The van der Waals surface area contributed by atoms with Crippen molar-refractivity contribution in [3.8, 4) is 34.5 Å². The van der Waals surface area contributed by atoms with Gasteiger partial charge in [-0.15, -0.1) is 0 Å². The summed E-state index contributed by atoms with van der Waals surface area (Å²) in [6.45, 7) is 17.9. The molecule has 9 aromatic carbocycles. The minimum Gasteiger partial charge on any atom is -0.489 e. The fraction of sp³-hybridized carbons (Fsp3) is 0.347. The maximum Gasteiger partial charge on any atom is 0.167 e. The maximum absolute atomic E-state index is 12.6. The Kier molecular flexibility index (Phi) is 48.7.